The van der Waals surface area contributed by atoms with Gasteiger partial charge >= 0.3 is 0 Å². The zero-order valence-electron chi connectivity index (χ0n) is 16.9. The van der Waals surface area contributed by atoms with E-state index in [1.807, 2.05) is 18.2 Å². The Bertz CT molecular complexity index is 1350. The van der Waals surface area contributed by atoms with E-state index in [1.165, 1.54) is 12.1 Å². The van der Waals surface area contributed by atoms with E-state index < -0.39 is 5.91 Å². The molecule has 0 bridgehead atoms. The average Bonchev–Trinajstić information content (AvgIpc) is 3.21. The summed E-state index contributed by atoms with van der Waals surface area (Å²) in [5.41, 5.74) is 10.8. The minimum absolute atomic E-state index is 0.196. The first-order chi connectivity index (χ1) is 15.5. The molecule has 1 aliphatic rings. The van der Waals surface area contributed by atoms with E-state index in [9.17, 15) is 14.0 Å². The topological polar surface area (TPSA) is 103 Å². The standard InChI is InChI=1S/C24H18FN5O2/c25-16-3-6-18(7-4-16)30-22-19(21(29-30)23(26)31)8-2-14-1-5-17(13-20(14)22)28-24(32)15-9-11-27-12-10-15/h1,3-7,9-13H,2,8H2,(H2,26,31)(H,28,32). The molecular formula is C24H18FN5O2. The Hall–Kier alpha value is -4.33. The highest BCUT2D eigenvalue weighted by Gasteiger charge is 2.28. The van der Waals surface area contributed by atoms with Crippen LogP contribution in [-0.4, -0.2) is 26.6 Å². The number of fused-ring (bicyclic) bond motifs is 3. The van der Waals surface area contributed by atoms with E-state index >= 15 is 0 Å². The second-order valence-electron chi connectivity index (χ2n) is 7.49. The molecule has 0 saturated heterocycles. The highest BCUT2D eigenvalue weighted by Crippen LogP contribution is 2.38. The van der Waals surface area contributed by atoms with Gasteiger partial charge in [0.25, 0.3) is 11.8 Å². The predicted molar refractivity (Wildman–Crippen MR) is 117 cm³/mol. The second kappa shape index (κ2) is 7.73. The molecule has 2 heterocycles. The first-order valence-electron chi connectivity index (χ1n) is 10.0. The van der Waals surface area contributed by atoms with Crippen LogP contribution < -0.4 is 11.1 Å². The maximum Gasteiger partial charge on any atom is 0.269 e. The van der Waals surface area contributed by atoms with Crippen molar-refractivity contribution in [3.05, 3.63) is 95.2 Å². The van der Waals surface area contributed by atoms with Gasteiger partial charge in [0.1, 0.15) is 5.82 Å². The van der Waals surface area contributed by atoms with Crippen LogP contribution in [0.3, 0.4) is 0 Å². The number of benzene rings is 2. The van der Waals surface area contributed by atoms with Crippen molar-refractivity contribution in [1.29, 1.82) is 0 Å². The number of nitrogens with one attached hydrogen (secondary N) is 1. The van der Waals surface area contributed by atoms with Gasteiger partial charge < -0.3 is 11.1 Å². The molecule has 2 amide bonds. The summed E-state index contributed by atoms with van der Waals surface area (Å²) in [5, 5.41) is 7.35. The Morgan fingerprint density at radius 1 is 1.00 bits per heavy atom. The molecule has 0 fully saturated rings. The number of primary amides is 1. The van der Waals surface area contributed by atoms with Crippen LogP contribution in [0.4, 0.5) is 10.1 Å². The molecule has 2 aromatic heterocycles. The van der Waals surface area contributed by atoms with E-state index in [0.717, 1.165) is 16.7 Å². The maximum atomic E-state index is 13.5. The third-order valence-corrected chi connectivity index (χ3v) is 5.50. The summed E-state index contributed by atoms with van der Waals surface area (Å²) in [6.45, 7) is 0. The van der Waals surface area contributed by atoms with Gasteiger partial charge in [-0.1, -0.05) is 6.07 Å². The lowest BCUT2D eigenvalue weighted by Crippen LogP contribution is -2.15. The van der Waals surface area contributed by atoms with Gasteiger partial charge in [0.15, 0.2) is 5.69 Å². The fourth-order valence-electron chi connectivity index (χ4n) is 3.99. The van der Waals surface area contributed by atoms with Crippen LogP contribution in [0.1, 0.15) is 32.0 Å². The van der Waals surface area contributed by atoms with E-state index in [2.05, 4.69) is 15.4 Å². The van der Waals surface area contributed by atoms with Crippen LogP contribution >= 0.6 is 0 Å². The normalized spacial score (nSPS) is 12.0. The van der Waals surface area contributed by atoms with E-state index in [4.69, 9.17) is 5.73 Å². The number of nitrogens with zero attached hydrogens (tertiary/aromatic N) is 3. The molecule has 158 valence electrons. The smallest absolute Gasteiger partial charge is 0.269 e. The number of hydrogen-bond acceptors (Lipinski definition) is 4. The zero-order valence-corrected chi connectivity index (χ0v) is 16.9. The molecule has 0 unspecified atom stereocenters. The molecular weight excluding hydrogens is 409 g/mol. The van der Waals surface area contributed by atoms with Crippen LogP contribution in [0.15, 0.2) is 67.0 Å². The third kappa shape index (κ3) is 3.41. The Kier molecular flexibility index (Phi) is 4.74. The first-order valence-corrected chi connectivity index (χ1v) is 10.0. The lowest BCUT2D eigenvalue weighted by atomic mass is 9.88. The second-order valence-corrected chi connectivity index (χ2v) is 7.49. The molecule has 3 N–H and O–H groups in total. The highest BCUT2D eigenvalue weighted by atomic mass is 19.1. The van der Waals surface area contributed by atoms with Gasteiger partial charge in [-0.15, -0.1) is 0 Å². The number of halogens is 1. The molecule has 0 atom stereocenters. The van der Waals surface area contributed by atoms with Crippen molar-refractivity contribution in [1.82, 2.24) is 14.8 Å². The number of carbonyl (C=O) groups is 2. The monoisotopic (exact) mass is 427 g/mol. The number of aromatic nitrogens is 3. The van der Waals surface area contributed by atoms with Crippen LogP contribution in [0.2, 0.25) is 0 Å². The molecule has 0 spiro atoms. The summed E-state index contributed by atoms with van der Waals surface area (Å²) in [5.74, 6) is -1.24. The van der Waals surface area contributed by atoms with E-state index in [-0.39, 0.29) is 17.4 Å². The van der Waals surface area contributed by atoms with Crippen molar-refractivity contribution >= 4 is 17.5 Å². The fraction of sp³-hybridized carbons (Fsp3) is 0.0833. The number of amides is 2. The minimum Gasteiger partial charge on any atom is -0.364 e. The number of hydrogen-bond donors (Lipinski definition) is 2. The van der Waals surface area contributed by atoms with E-state index in [1.54, 1.807) is 41.3 Å². The minimum atomic E-state index is -0.618. The fourth-order valence-corrected chi connectivity index (χ4v) is 3.99. The average molecular weight is 427 g/mol. The Labute approximate surface area is 182 Å². The maximum absolute atomic E-state index is 13.5. The molecule has 8 heteroatoms. The van der Waals surface area contributed by atoms with Crippen molar-refractivity contribution in [2.24, 2.45) is 5.73 Å². The Morgan fingerprint density at radius 3 is 2.47 bits per heavy atom. The SMILES string of the molecule is NC(=O)c1nn(-c2ccc(F)cc2)c2c1CCc1ccc(NC(=O)c3ccncc3)cc1-2. The van der Waals surface area contributed by atoms with Gasteiger partial charge in [0.2, 0.25) is 0 Å². The lowest BCUT2D eigenvalue weighted by molar-refractivity contribution is 0.0992. The molecule has 0 aliphatic heterocycles. The van der Waals surface area contributed by atoms with Crippen LogP contribution in [0.5, 0.6) is 0 Å². The van der Waals surface area contributed by atoms with Gasteiger partial charge in [-0.05, 0) is 66.9 Å². The number of aryl methyl sites for hydroxylation is 1. The number of pyridine rings is 1. The molecule has 0 radical (unpaired) electrons. The molecule has 2 aromatic carbocycles. The summed E-state index contributed by atoms with van der Waals surface area (Å²) in [7, 11) is 0. The van der Waals surface area contributed by atoms with E-state index in [0.29, 0.717) is 35.5 Å². The number of nitrogens with two attached hydrogens (primary N) is 1. The van der Waals surface area contributed by atoms with Gasteiger partial charge in [-0.3, -0.25) is 14.6 Å². The molecule has 4 aromatic rings. The van der Waals surface area contributed by atoms with Crippen molar-refractivity contribution in [3.8, 4) is 16.9 Å². The van der Waals surface area contributed by atoms with Gasteiger partial charge in [-0.25, -0.2) is 9.07 Å². The highest BCUT2D eigenvalue weighted by molar-refractivity contribution is 6.04. The summed E-state index contributed by atoms with van der Waals surface area (Å²) < 4.78 is 15.1. The van der Waals surface area contributed by atoms with Crippen LogP contribution in [0, 0.1) is 5.82 Å². The number of anilines is 1. The Morgan fingerprint density at radius 2 is 1.75 bits per heavy atom. The number of carbonyl (C=O) groups excluding carboxylic acids is 2. The molecule has 32 heavy (non-hydrogen) atoms. The third-order valence-electron chi connectivity index (χ3n) is 5.50. The molecule has 7 nitrogen and oxygen atoms in total. The molecule has 0 saturated carbocycles. The van der Waals surface area contributed by atoms with Crippen LogP contribution in [-0.2, 0) is 12.8 Å². The predicted octanol–water partition coefficient (Wildman–Crippen LogP) is 3.52. The largest absolute Gasteiger partial charge is 0.364 e. The van der Waals surface area contributed by atoms with Gasteiger partial charge in [0, 0.05) is 34.8 Å². The Balaban J connectivity index is 1.61. The summed E-state index contributed by atoms with van der Waals surface area (Å²) in [6, 6.07) is 14.8. The number of rotatable bonds is 4. The summed E-state index contributed by atoms with van der Waals surface area (Å²) in [4.78, 5) is 28.6. The van der Waals surface area contributed by atoms with Crippen molar-refractivity contribution < 1.29 is 14.0 Å². The summed E-state index contributed by atoms with van der Waals surface area (Å²) in [6.07, 6.45) is 4.42. The van der Waals surface area contributed by atoms with Gasteiger partial charge in [-0.2, -0.15) is 5.10 Å². The van der Waals surface area contributed by atoms with Gasteiger partial charge in [0.05, 0.1) is 11.4 Å². The van der Waals surface area contributed by atoms with Crippen molar-refractivity contribution in [3.63, 3.8) is 0 Å². The zero-order chi connectivity index (χ0) is 22.2. The van der Waals surface area contributed by atoms with Crippen molar-refractivity contribution in [2.75, 3.05) is 5.32 Å². The van der Waals surface area contributed by atoms with Crippen molar-refractivity contribution in [2.45, 2.75) is 12.8 Å². The van der Waals surface area contributed by atoms with Crippen LogP contribution in [0.25, 0.3) is 16.9 Å². The quantitative estimate of drug-likeness (QED) is 0.520. The first kappa shape index (κ1) is 19.6. The lowest BCUT2D eigenvalue weighted by Gasteiger charge is -2.20. The molecule has 5 rings (SSSR count). The summed E-state index contributed by atoms with van der Waals surface area (Å²) >= 11 is 0. The molecule has 1 aliphatic carbocycles.